The van der Waals surface area contributed by atoms with Gasteiger partial charge in [0.15, 0.2) is 0 Å². The van der Waals surface area contributed by atoms with Gasteiger partial charge in [-0.05, 0) is 30.5 Å². The van der Waals surface area contributed by atoms with Gasteiger partial charge in [0.05, 0.1) is 19.3 Å². The summed E-state index contributed by atoms with van der Waals surface area (Å²) < 4.78 is 7.62. The van der Waals surface area contributed by atoms with E-state index in [2.05, 4.69) is 20.7 Å². The normalized spacial score (nSPS) is 15.1. The van der Waals surface area contributed by atoms with Gasteiger partial charge in [-0.1, -0.05) is 31.4 Å². The van der Waals surface area contributed by atoms with E-state index < -0.39 is 0 Å². The highest BCUT2D eigenvalue weighted by Gasteiger charge is 2.13. The van der Waals surface area contributed by atoms with Crippen LogP contribution in [0.5, 0.6) is 0 Å². The summed E-state index contributed by atoms with van der Waals surface area (Å²) in [6.07, 6.45) is 7.99. The number of nitrogens with one attached hydrogen (secondary N) is 2. The van der Waals surface area contributed by atoms with E-state index in [-0.39, 0.29) is 6.03 Å². The highest BCUT2D eigenvalue weighted by Crippen LogP contribution is 2.22. The van der Waals surface area contributed by atoms with Crippen molar-refractivity contribution in [1.82, 2.24) is 20.1 Å². The molecule has 7 nitrogen and oxygen atoms in total. The van der Waals surface area contributed by atoms with E-state index in [1.165, 1.54) is 25.6 Å². The maximum Gasteiger partial charge on any atom is 0.319 e. The van der Waals surface area contributed by atoms with Crippen molar-refractivity contribution in [2.75, 3.05) is 5.32 Å². The first-order chi connectivity index (χ1) is 12.2. The lowest BCUT2D eigenvalue weighted by Gasteiger charge is -2.22. The van der Waals surface area contributed by atoms with Gasteiger partial charge in [-0.3, -0.25) is 4.68 Å². The van der Waals surface area contributed by atoms with Gasteiger partial charge in [0.1, 0.15) is 12.2 Å². The van der Waals surface area contributed by atoms with Gasteiger partial charge in [-0.2, -0.15) is 5.10 Å². The Labute approximate surface area is 147 Å². The molecule has 1 fully saturated rings. The summed E-state index contributed by atoms with van der Waals surface area (Å²) in [4.78, 5) is 16.1. The van der Waals surface area contributed by atoms with Gasteiger partial charge < -0.3 is 15.4 Å². The molecule has 1 aromatic carbocycles. The minimum atomic E-state index is -0.270. The van der Waals surface area contributed by atoms with Crippen LogP contribution in [0, 0.1) is 0 Å². The van der Waals surface area contributed by atoms with Crippen LogP contribution in [-0.2, 0) is 24.9 Å². The standard InChI is InChI=1S/C18H25N5O2/c1-23-17(20-13-21-23)11-19-18(24)22-15-7-5-6-14(10-15)12-25-16-8-3-2-4-9-16/h5-7,10,13,16H,2-4,8-9,11-12H2,1H3,(H2,19,22,24). The molecule has 2 amide bonds. The topological polar surface area (TPSA) is 81.1 Å². The van der Waals surface area contributed by atoms with E-state index in [9.17, 15) is 4.79 Å². The van der Waals surface area contributed by atoms with Crippen LogP contribution in [0.1, 0.15) is 43.5 Å². The van der Waals surface area contributed by atoms with Crippen LogP contribution in [0.25, 0.3) is 0 Å². The molecule has 2 N–H and O–H groups in total. The Morgan fingerprint density at radius 3 is 2.92 bits per heavy atom. The van der Waals surface area contributed by atoms with Crippen LogP contribution in [-0.4, -0.2) is 26.9 Å². The quantitative estimate of drug-likeness (QED) is 0.845. The Morgan fingerprint density at radius 1 is 1.32 bits per heavy atom. The molecule has 1 aliphatic carbocycles. The number of hydrogen-bond acceptors (Lipinski definition) is 4. The molecule has 0 bridgehead atoms. The molecular formula is C18H25N5O2. The van der Waals surface area contributed by atoms with Crippen molar-refractivity contribution < 1.29 is 9.53 Å². The van der Waals surface area contributed by atoms with Crippen molar-refractivity contribution in [3.63, 3.8) is 0 Å². The molecule has 1 saturated carbocycles. The lowest BCUT2D eigenvalue weighted by Crippen LogP contribution is -2.29. The number of benzene rings is 1. The van der Waals surface area contributed by atoms with E-state index in [1.54, 1.807) is 11.7 Å². The molecule has 1 aliphatic rings. The minimum absolute atomic E-state index is 0.270. The summed E-state index contributed by atoms with van der Waals surface area (Å²) >= 11 is 0. The van der Waals surface area contributed by atoms with E-state index >= 15 is 0 Å². The number of rotatable bonds is 6. The Balaban J connectivity index is 1.47. The summed E-state index contributed by atoms with van der Waals surface area (Å²) in [5, 5.41) is 9.58. The molecule has 1 aromatic heterocycles. The predicted molar refractivity (Wildman–Crippen MR) is 95.0 cm³/mol. The molecular weight excluding hydrogens is 318 g/mol. The average Bonchev–Trinajstić information content (AvgIpc) is 3.04. The first-order valence-corrected chi connectivity index (χ1v) is 8.79. The number of carbonyl (C=O) groups is 1. The largest absolute Gasteiger partial charge is 0.374 e. The van der Waals surface area contributed by atoms with Crippen molar-refractivity contribution in [2.24, 2.45) is 7.05 Å². The maximum absolute atomic E-state index is 12.0. The predicted octanol–water partition coefficient (Wildman–Crippen LogP) is 2.99. The summed E-state index contributed by atoms with van der Waals surface area (Å²) in [6, 6.07) is 7.49. The van der Waals surface area contributed by atoms with Crippen LogP contribution in [0.3, 0.4) is 0 Å². The number of hydrogen-bond donors (Lipinski definition) is 2. The smallest absolute Gasteiger partial charge is 0.319 e. The zero-order chi connectivity index (χ0) is 17.5. The third-order valence-corrected chi connectivity index (χ3v) is 4.43. The molecule has 0 atom stereocenters. The summed E-state index contributed by atoms with van der Waals surface area (Å²) in [7, 11) is 1.79. The van der Waals surface area contributed by atoms with E-state index in [0.29, 0.717) is 25.1 Å². The Hall–Kier alpha value is -2.41. The number of amides is 2. The fourth-order valence-corrected chi connectivity index (χ4v) is 3.00. The average molecular weight is 343 g/mol. The van der Waals surface area contributed by atoms with Crippen LogP contribution < -0.4 is 10.6 Å². The first-order valence-electron chi connectivity index (χ1n) is 8.79. The molecule has 0 aliphatic heterocycles. The molecule has 134 valence electrons. The van der Waals surface area contributed by atoms with Crippen molar-refractivity contribution >= 4 is 11.7 Å². The SMILES string of the molecule is Cn1ncnc1CNC(=O)Nc1cccc(COC2CCCCC2)c1. The molecule has 0 radical (unpaired) electrons. The Morgan fingerprint density at radius 2 is 2.16 bits per heavy atom. The Bertz CT molecular complexity index is 694. The lowest BCUT2D eigenvalue weighted by atomic mass is 9.98. The number of carbonyl (C=O) groups excluding carboxylic acids is 1. The molecule has 0 saturated heterocycles. The molecule has 2 aromatic rings. The minimum Gasteiger partial charge on any atom is -0.374 e. The number of urea groups is 1. The number of nitrogens with zero attached hydrogens (tertiary/aromatic N) is 3. The van der Waals surface area contributed by atoms with Crippen molar-refractivity contribution in [2.45, 2.75) is 51.4 Å². The van der Waals surface area contributed by atoms with Crippen molar-refractivity contribution in [1.29, 1.82) is 0 Å². The van der Waals surface area contributed by atoms with Gasteiger partial charge in [0.25, 0.3) is 0 Å². The second-order valence-electron chi connectivity index (χ2n) is 6.38. The zero-order valence-electron chi connectivity index (χ0n) is 14.6. The van der Waals surface area contributed by atoms with Crippen LogP contribution >= 0.6 is 0 Å². The second-order valence-corrected chi connectivity index (χ2v) is 6.38. The van der Waals surface area contributed by atoms with E-state index in [1.807, 2.05) is 24.3 Å². The van der Waals surface area contributed by atoms with Gasteiger partial charge in [-0.25, -0.2) is 9.78 Å². The van der Waals surface area contributed by atoms with Gasteiger partial charge in [-0.15, -0.1) is 0 Å². The van der Waals surface area contributed by atoms with Gasteiger partial charge in [0, 0.05) is 12.7 Å². The van der Waals surface area contributed by atoms with Crippen LogP contribution in [0.4, 0.5) is 10.5 Å². The van der Waals surface area contributed by atoms with Crippen molar-refractivity contribution in [3.05, 3.63) is 42.0 Å². The fraction of sp³-hybridized carbons (Fsp3) is 0.500. The Kier molecular flexibility index (Phi) is 6.00. The second kappa shape index (κ2) is 8.62. The van der Waals surface area contributed by atoms with E-state index in [4.69, 9.17) is 4.74 Å². The van der Waals surface area contributed by atoms with Crippen LogP contribution in [0.2, 0.25) is 0 Å². The summed E-state index contributed by atoms with van der Waals surface area (Å²) in [5.41, 5.74) is 1.82. The monoisotopic (exact) mass is 343 g/mol. The van der Waals surface area contributed by atoms with Gasteiger partial charge in [0.2, 0.25) is 0 Å². The van der Waals surface area contributed by atoms with Crippen LogP contribution in [0.15, 0.2) is 30.6 Å². The number of aryl methyl sites for hydroxylation is 1. The molecule has 0 unspecified atom stereocenters. The first kappa shape index (κ1) is 17.4. The lowest BCUT2D eigenvalue weighted by molar-refractivity contribution is 0.0169. The molecule has 0 spiro atoms. The fourth-order valence-electron chi connectivity index (χ4n) is 3.00. The van der Waals surface area contributed by atoms with E-state index in [0.717, 1.165) is 24.1 Å². The third kappa shape index (κ3) is 5.29. The number of anilines is 1. The maximum atomic E-state index is 12.0. The molecule has 25 heavy (non-hydrogen) atoms. The number of aromatic nitrogens is 3. The highest BCUT2D eigenvalue weighted by atomic mass is 16.5. The summed E-state index contributed by atoms with van der Waals surface area (Å²) in [5.74, 6) is 0.699. The highest BCUT2D eigenvalue weighted by molar-refractivity contribution is 5.89. The molecule has 1 heterocycles. The number of ether oxygens (including phenoxy) is 1. The zero-order valence-corrected chi connectivity index (χ0v) is 14.6. The van der Waals surface area contributed by atoms with Gasteiger partial charge >= 0.3 is 6.03 Å². The van der Waals surface area contributed by atoms with Crippen molar-refractivity contribution in [3.8, 4) is 0 Å². The molecule has 7 heteroatoms. The third-order valence-electron chi connectivity index (χ3n) is 4.43. The summed E-state index contributed by atoms with van der Waals surface area (Å²) in [6.45, 7) is 0.910. The molecule has 3 rings (SSSR count).